The van der Waals surface area contributed by atoms with Crippen molar-refractivity contribution in [1.82, 2.24) is 9.78 Å². The highest BCUT2D eigenvalue weighted by Gasteiger charge is 2.19. The monoisotopic (exact) mass is 385 g/mol. The highest BCUT2D eigenvalue weighted by Crippen LogP contribution is 2.30. The highest BCUT2D eigenvalue weighted by molar-refractivity contribution is 7.13. The van der Waals surface area contributed by atoms with Crippen molar-refractivity contribution >= 4 is 22.9 Å². The number of thiophene rings is 1. The summed E-state index contributed by atoms with van der Waals surface area (Å²) in [7, 11) is 3.06. The topological polar surface area (TPSA) is 82.5 Å². The Morgan fingerprint density at radius 3 is 2.59 bits per heavy atom. The van der Waals surface area contributed by atoms with Crippen molar-refractivity contribution in [2.24, 2.45) is 0 Å². The van der Waals surface area contributed by atoms with E-state index in [0.717, 1.165) is 4.88 Å². The molecule has 1 N–H and O–H groups in total. The predicted octanol–water partition coefficient (Wildman–Crippen LogP) is 3.19. The van der Waals surface area contributed by atoms with Gasteiger partial charge in [0.2, 0.25) is 5.91 Å². The van der Waals surface area contributed by atoms with E-state index in [1.54, 1.807) is 31.2 Å². The Morgan fingerprint density at radius 2 is 1.93 bits per heavy atom. The number of hydrogen-bond donors (Lipinski definition) is 1. The molecular formula is C19H19N3O4S. The lowest BCUT2D eigenvalue weighted by atomic mass is 10.2. The fraction of sp³-hybridized carbons (Fsp3) is 0.211. The molecule has 1 amide bonds. The Kier molecular flexibility index (Phi) is 5.56. The van der Waals surface area contributed by atoms with E-state index in [1.165, 1.54) is 36.3 Å². The maximum Gasteiger partial charge on any atom is 0.267 e. The largest absolute Gasteiger partial charge is 0.493 e. The summed E-state index contributed by atoms with van der Waals surface area (Å²) < 4.78 is 11.6. The molecule has 8 heteroatoms. The van der Waals surface area contributed by atoms with E-state index in [-0.39, 0.29) is 11.5 Å². The lowest BCUT2D eigenvalue weighted by Crippen LogP contribution is -2.33. The average molecular weight is 385 g/mol. The molecule has 0 aliphatic heterocycles. The molecule has 140 valence electrons. The van der Waals surface area contributed by atoms with Gasteiger partial charge in [0.15, 0.2) is 11.5 Å². The van der Waals surface area contributed by atoms with Crippen molar-refractivity contribution in [3.05, 3.63) is 58.2 Å². The minimum absolute atomic E-state index is 0.342. The van der Waals surface area contributed by atoms with Gasteiger partial charge in [0.25, 0.3) is 5.56 Å². The molecule has 2 aromatic heterocycles. The first kappa shape index (κ1) is 18.7. The van der Waals surface area contributed by atoms with Gasteiger partial charge in [0, 0.05) is 17.8 Å². The van der Waals surface area contributed by atoms with Crippen LogP contribution in [0, 0.1) is 0 Å². The number of ether oxygens (including phenoxy) is 2. The van der Waals surface area contributed by atoms with Gasteiger partial charge >= 0.3 is 0 Å². The first-order chi connectivity index (χ1) is 13.0. The minimum Gasteiger partial charge on any atom is -0.493 e. The number of benzene rings is 1. The lowest BCUT2D eigenvalue weighted by molar-refractivity contribution is -0.119. The van der Waals surface area contributed by atoms with Gasteiger partial charge in [-0.3, -0.25) is 9.59 Å². The van der Waals surface area contributed by atoms with Gasteiger partial charge in [-0.1, -0.05) is 6.07 Å². The first-order valence-corrected chi connectivity index (χ1v) is 9.08. The first-order valence-electron chi connectivity index (χ1n) is 8.20. The second kappa shape index (κ2) is 8.05. The van der Waals surface area contributed by atoms with Crippen molar-refractivity contribution < 1.29 is 14.3 Å². The van der Waals surface area contributed by atoms with Crippen LogP contribution in [-0.2, 0) is 4.79 Å². The summed E-state index contributed by atoms with van der Waals surface area (Å²) in [5.41, 5.74) is 0.840. The Morgan fingerprint density at radius 1 is 1.15 bits per heavy atom. The SMILES string of the molecule is COc1ccc(NC(=O)C(C)n2nc(-c3cccs3)ccc2=O)cc1OC. The molecule has 1 aromatic carbocycles. The number of aromatic nitrogens is 2. The zero-order valence-corrected chi connectivity index (χ0v) is 15.9. The molecule has 0 bridgehead atoms. The molecule has 3 rings (SSSR count). The molecule has 0 fully saturated rings. The third-order valence-electron chi connectivity index (χ3n) is 4.00. The van der Waals surface area contributed by atoms with Crippen LogP contribution in [-0.4, -0.2) is 29.9 Å². The summed E-state index contributed by atoms with van der Waals surface area (Å²) in [6.07, 6.45) is 0. The Labute approximate surface area is 160 Å². The predicted molar refractivity (Wildman–Crippen MR) is 105 cm³/mol. The Bertz CT molecular complexity index is 998. The molecule has 7 nitrogen and oxygen atoms in total. The minimum atomic E-state index is -0.787. The van der Waals surface area contributed by atoms with Gasteiger partial charge in [-0.15, -0.1) is 11.3 Å². The maximum absolute atomic E-state index is 12.6. The zero-order valence-electron chi connectivity index (χ0n) is 15.1. The van der Waals surface area contributed by atoms with Crippen LogP contribution in [0.4, 0.5) is 5.69 Å². The molecule has 0 saturated carbocycles. The van der Waals surface area contributed by atoms with Crippen LogP contribution in [0.1, 0.15) is 13.0 Å². The molecule has 1 unspecified atom stereocenters. The fourth-order valence-corrected chi connectivity index (χ4v) is 3.22. The number of rotatable bonds is 6. The number of anilines is 1. The highest BCUT2D eigenvalue weighted by atomic mass is 32.1. The van der Waals surface area contributed by atoms with Crippen LogP contribution < -0.4 is 20.3 Å². The van der Waals surface area contributed by atoms with Crippen LogP contribution >= 0.6 is 11.3 Å². The number of nitrogens with one attached hydrogen (secondary N) is 1. The Hall–Kier alpha value is -3.13. The molecule has 27 heavy (non-hydrogen) atoms. The van der Waals surface area contributed by atoms with Gasteiger partial charge in [0.1, 0.15) is 11.7 Å². The van der Waals surface area contributed by atoms with Crippen molar-refractivity contribution in [2.45, 2.75) is 13.0 Å². The molecule has 0 aliphatic carbocycles. The van der Waals surface area contributed by atoms with Crippen molar-refractivity contribution in [3.63, 3.8) is 0 Å². The van der Waals surface area contributed by atoms with Crippen LogP contribution in [0.25, 0.3) is 10.6 Å². The number of methoxy groups -OCH3 is 2. The fourth-order valence-electron chi connectivity index (χ4n) is 2.53. The van der Waals surface area contributed by atoms with E-state index in [9.17, 15) is 9.59 Å². The molecule has 0 saturated heterocycles. The molecule has 2 heterocycles. The van der Waals surface area contributed by atoms with Gasteiger partial charge in [-0.2, -0.15) is 5.10 Å². The Balaban J connectivity index is 1.83. The third kappa shape index (κ3) is 4.01. The second-order valence-corrected chi connectivity index (χ2v) is 6.66. The summed E-state index contributed by atoms with van der Waals surface area (Å²) in [5.74, 6) is 0.697. The van der Waals surface area contributed by atoms with E-state index in [4.69, 9.17) is 9.47 Å². The van der Waals surface area contributed by atoms with E-state index in [1.807, 2.05) is 17.5 Å². The normalized spacial score (nSPS) is 11.7. The summed E-state index contributed by atoms with van der Waals surface area (Å²) in [5, 5.41) is 9.05. The number of carbonyl (C=O) groups excluding carboxylic acids is 1. The molecule has 1 atom stereocenters. The van der Waals surface area contributed by atoms with Gasteiger partial charge in [-0.05, 0) is 36.6 Å². The molecule has 3 aromatic rings. The maximum atomic E-state index is 12.6. The second-order valence-electron chi connectivity index (χ2n) is 5.71. The number of amides is 1. The van der Waals surface area contributed by atoms with Gasteiger partial charge in [-0.25, -0.2) is 4.68 Å². The number of hydrogen-bond acceptors (Lipinski definition) is 6. The zero-order chi connectivity index (χ0) is 19.4. The molecule has 0 radical (unpaired) electrons. The van der Waals surface area contributed by atoms with E-state index < -0.39 is 6.04 Å². The van der Waals surface area contributed by atoms with Gasteiger partial charge < -0.3 is 14.8 Å². The number of carbonyl (C=O) groups is 1. The summed E-state index contributed by atoms with van der Waals surface area (Å²) >= 11 is 1.52. The third-order valence-corrected chi connectivity index (χ3v) is 4.89. The van der Waals surface area contributed by atoms with Gasteiger partial charge in [0.05, 0.1) is 19.1 Å². The van der Waals surface area contributed by atoms with Crippen LogP contribution in [0.3, 0.4) is 0 Å². The average Bonchev–Trinajstić information content (AvgIpc) is 3.22. The van der Waals surface area contributed by atoms with E-state index in [2.05, 4.69) is 10.4 Å². The van der Waals surface area contributed by atoms with Crippen LogP contribution in [0.5, 0.6) is 11.5 Å². The smallest absolute Gasteiger partial charge is 0.267 e. The van der Waals surface area contributed by atoms with E-state index >= 15 is 0 Å². The van der Waals surface area contributed by atoms with Crippen molar-refractivity contribution in [1.29, 1.82) is 0 Å². The standard InChI is InChI=1S/C19H19N3O4S/c1-12(19(24)20-13-6-8-15(25-2)16(11-13)26-3)22-18(23)9-7-14(21-22)17-5-4-10-27-17/h4-12H,1-3H3,(H,20,24). The number of nitrogens with zero attached hydrogens (tertiary/aromatic N) is 2. The van der Waals surface area contributed by atoms with Crippen molar-refractivity contribution in [2.75, 3.05) is 19.5 Å². The van der Waals surface area contributed by atoms with Crippen molar-refractivity contribution in [3.8, 4) is 22.1 Å². The lowest BCUT2D eigenvalue weighted by Gasteiger charge is -2.15. The summed E-state index contributed by atoms with van der Waals surface area (Å²) in [6.45, 7) is 1.63. The quantitative estimate of drug-likeness (QED) is 0.705. The summed E-state index contributed by atoms with van der Waals surface area (Å²) in [6, 6.07) is 11.2. The van der Waals surface area contributed by atoms with Crippen LogP contribution in [0.2, 0.25) is 0 Å². The summed E-state index contributed by atoms with van der Waals surface area (Å²) in [4.78, 5) is 25.8. The molecule has 0 aliphatic rings. The molecular weight excluding hydrogens is 366 g/mol. The van der Waals surface area contributed by atoms with Crippen LogP contribution in [0.15, 0.2) is 52.6 Å². The van der Waals surface area contributed by atoms with E-state index in [0.29, 0.717) is 22.9 Å². The molecule has 0 spiro atoms.